The van der Waals surface area contributed by atoms with Crippen molar-refractivity contribution in [3.8, 4) is 0 Å². The smallest absolute Gasteiger partial charge is 0.237 e. The summed E-state index contributed by atoms with van der Waals surface area (Å²) in [7, 11) is 1.71. The lowest BCUT2D eigenvalue weighted by molar-refractivity contribution is -0.115. The van der Waals surface area contributed by atoms with Gasteiger partial charge in [0, 0.05) is 30.7 Å². The number of hydrogen-bond acceptors (Lipinski definition) is 4. The van der Waals surface area contributed by atoms with Crippen LogP contribution in [0.4, 0.5) is 17.1 Å². The summed E-state index contributed by atoms with van der Waals surface area (Å²) in [5.74, 6) is -0.367. The van der Waals surface area contributed by atoms with Gasteiger partial charge in [-0.2, -0.15) is 0 Å². The molecule has 2 N–H and O–H groups in total. The van der Waals surface area contributed by atoms with Crippen molar-refractivity contribution < 1.29 is 9.53 Å². The van der Waals surface area contributed by atoms with Crippen molar-refractivity contribution in [2.24, 2.45) is 4.99 Å². The van der Waals surface area contributed by atoms with Crippen molar-refractivity contribution in [3.05, 3.63) is 54.1 Å². The minimum atomic E-state index is -0.333. The van der Waals surface area contributed by atoms with Gasteiger partial charge in [-0.05, 0) is 42.3 Å². The summed E-state index contributed by atoms with van der Waals surface area (Å²) in [6.07, 6.45) is 2.70. The third-order valence-corrected chi connectivity index (χ3v) is 4.31. The number of nitrogens with zero attached hydrogens (tertiary/aromatic N) is 1. The fourth-order valence-electron chi connectivity index (χ4n) is 2.88. The van der Waals surface area contributed by atoms with Crippen LogP contribution in [0.3, 0.4) is 0 Å². The molecule has 0 saturated carbocycles. The van der Waals surface area contributed by atoms with Crippen LogP contribution in [0.25, 0.3) is 0 Å². The number of para-hydroxylation sites is 1. The number of carbonyl (C=O) groups is 1. The highest BCUT2D eigenvalue weighted by atomic mass is 16.5. The zero-order valence-corrected chi connectivity index (χ0v) is 14.5. The van der Waals surface area contributed by atoms with E-state index in [1.807, 2.05) is 48.5 Å². The lowest BCUT2D eigenvalue weighted by Gasteiger charge is -2.17. The largest absolute Gasteiger partial charge is 0.383 e. The number of nitrogens with one attached hydrogen (secondary N) is 2. The average molecular weight is 337 g/mol. The first-order chi connectivity index (χ1) is 12.2. The van der Waals surface area contributed by atoms with E-state index in [0.29, 0.717) is 6.61 Å². The Balaban J connectivity index is 1.67. The van der Waals surface area contributed by atoms with E-state index in [1.165, 1.54) is 0 Å². The highest BCUT2D eigenvalue weighted by Crippen LogP contribution is 2.31. The van der Waals surface area contributed by atoms with E-state index in [2.05, 4.69) is 22.5 Å². The molecule has 0 aliphatic carbocycles. The molecule has 2 unspecified atom stereocenters. The highest BCUT2D eigenvalue weighted by molar-refractivity contribution is 6.12. The molecule has 5 nitrogen and oxygen atoms in total. The fraction of sp³-hybridized carbons (Fsp3) is 0.300. The summed E-state index contributed by atoms with van der Waals surface area (Å²) in [4.78, 5) is 16.6. The summed E-state index contributed by atoms with van der Waals surface area (Å²) in [5, 5.41) is 6.31. The number of rotatable bonds is 7. The molecule has 0 spiro atoms. The van der Waals surface area contributed by atoms with Crippen molar-refractivity contribution in [1.29, 1.82) is 0 Å². The maximum Gasteiger partial charge on any atom is 0.237 e. The first kappa shape index (κ1) is 17.2. The average Bonchev–Trinajstić information content (AvgIpc) is 2.96. The van der Waals surface area contributed by atoms with Gasteiger partial charge >= 0.3 is 0 Å². The van der Waals surface area contributed by atoms with Crippen molar-refractivity contribution in [2.75, 3.05) is 24.4 Å². The summed E-state index contributed by atoms with van der Waals surface area (Å²) in [5.41, 5.74) is 3.70. The summed E-state index contributed by atoms with van der Waals surface area (Å²) < 4.78 is 5.20. The van der Waals surface area contributed by atoms with E-state index < -0.39 is 0 Å². The molecule has 3 rings (SSSR count). The zero-order chi connectivity index (χ0) is 17.6. The third kappa shape index (κ3) is 4.06. The highest BCUT2D eigenvalue weighted by Gasteiger charge is 2.28. The molecule has 5 heteroatoms. The third-order valence-electron chi connectivity index (χ3n) is 4.31. The van der Waals surface area contributed by atoms with Gasteiger partial charge in [-0.15, -0.1) is 0 Å². The second-order valence-electron chi connectivity index (χ2n) is 6.08. The maximum absolute atomic E-state index is 12.1. The van der Waals surface area contributed by atoms with Crippen LogP contribution in [-0.4, -0.2) is 31.9 Å². The van der Waals surface area contributed by atoms with Crippen LogP contribution in [-0.2, 0) is 9.53 Å². The molecule has 0 fully saturated rings. The zero-order valence-electron chi connectivity index (χ0n) is 14.5. The number of benzene rings is 2. The van der Waals surface area contributed by atoms with Crippen LogP contribution in [0.1, 0.15) is 24.8 Å². The number of fused-ring (bicyclic) bond motifs is 1. The van der Waals surface area contributed by atoms with Crippen LogP contribution in [0.15, 0.2) is 53.5 Å². The summed E-state index contributed by atoms with van der Waals surface area (Å²) in [6, 6.07) is 15.9. The van der Waals surface area contributed by atoms with E-state index in [9.17, 15) is 4.79 Å². The number of aliphatic imine (C=N–C) groups is 1. The van der Waals surface area contributed by atoms with Gasteiger partial charge in [-0.1, -0.05) is 25.1 Å². The Kier molecular flexibility index (Phi) is 5.46. The number of amides is 1. The molecule has 1 aliphatic rings. The molecule has 0 bridgehead atoms. The predicted octanol–water partition coefficient (Wildman–Crippen LogP) is 3.96. The normalized spacial score (nSPS) is 17.4. The molecule has 130 valence electrons. The van der Waals surface area contributed by atoms with Gasteiger partial charge in [0.1, 0.15) is 5.92 Å². The van der Waals surface area contributed by atoms with E-state index in [0.717, 1.165) is 29.0 Å². The number of anilines is 2. The maximum atomic E-state index is 12.1. The fourth-order valence-corrected chi connectivity index (χ4v) is 2.88. The van der Waals surface area contributed by atoms with Gasteiger partial charge in [-0.3, -0.25) is 9.79 Å². The first-order valence-corrected chi connectivity index (χ1v) is 8.50. The molecule has 0 saturated heterocycles. The summed E-state index contributed by atoms with van der Waals surface area (Å²) in [6.45, 7) is 2.80. The minimum Gasteiger partial charge on any atom is -0.383 e. The van der Waals surface area contributed by atoms with Crippen LogP contribution >= 0.6 is 0 Å². The van der Waals surface area contributed by atoms with Crippen molar-refractivity contribution in [1.82, 2.24) is 0 Å². The molecule has 0 radical (unpaired) electrons. The lowest BCUT2D eigenvalue weighted by Crippen LogP contribution is -2.23. The second-order valence-corrected chi connectivity index (χ2v) is 6.08. The standard InChI is InChI=1S/C20H23N3O2/c1-3-14(13-25-2)22-16-10-8-15(9-11-16)21-12-18-17-6-4-5-7-19(17)23-20(18)24/h4-12,14,18,22H,3,13H2,1-2H3,(H,23,24). The Labute approximate surface area is 148 Å². The Bertz CT molecular complexity index is 756. The first-order valence-electron chi connectivity index (χ1n) is 8.50. The molecule has 2 aromatic carbocycles. The van der Waals surface area contributed by atoms with Gasteiger partial charge in [0.15, 0.2) is 0 Å². The SMILES string of the molecule is CCC(COC)Nc1ccc(N=CC2C(=O)Nc3ccccc32)cc1. The molecule has 1 aliphatic heterocycles. The second kappa shape index (κ2) is 7.94. The molecular formula is C20H23N3O2. The summed E-state index contributed by atoms with van der Waals surface area (Å²) >= 11 is 0. The van der Waals surface area contributed by atoms with Gasteiger partial charge in [-0.25, -0.2) is 0 Å². The van der Waals surface area contributed by atoms with Crippen molar-refractivity contribution in [3.63, 3.8) is 0 Å². The number of hydrogen-bond donors (Lipinski definition) is 2. The molecule has 1 heterocycles. The monoisotopic (exact) mass is 337 g/mol. The van der Waals surface area contributed by atoms with Gasteiger partial charge in [0.25, 0.3) is 0 Å². The molecule has 0 aromatic heterocycles. The van der Waals surface area contributed by atoms with Crippen LogP contribution in [0.5, 0.6) is 0 Å². The Morgan fingerprint density at radius 1 is 1.24 bits per heavy atom. The van der Waals surface area contributed by atoms with Crippen LogP contribution in [0.2, 0.25) is 0 Å². The number of methoxy groups -OCH3 is 1. The Morgan fingerprint density at radius 2 is 2.00 bits per heavy atom. The topological polar surface area (TPSA) is 62.7 Å². The van der Waals surface area contributed by atoms with Crippen LogP contribution in [0, 0.1) is 0 Å². The van der Waals surface area contributed by atoms with Crippen molar-refractivity contribution >= 4 is 29.2 Å². The van der Waals surface area contributed by atoms with E-state index in [4.69, 9.17) is 4.74 Å². The van der Waals surface area contributed by atoms with Gasteiger partial charge < -0.3 is 15.4 Å². The molecular weight excluding hydrogens is 314 g/mol. The predicted molar refractivity (Wildman–Crippen MR) is 102 cm³/mol. The Morgan fingerprint density at radius 3 is 2.72 bits per heavy atom. The van der Waals surface area contributed by atoms with Gasteiger partial charge in [0.05, 0.1) is 12.3 Å². The van der Waals surface area contributed by atoms with E-state index >= 15 is 0 Å². The van der Waals surface area contributed by atoms with E-state index in [-0.39, 0.29) is 17.9 Å². The van der Waals surface area contributed by atoms with Crippen molar-refractivity contribution in [2.45, 2.75) is 25.3 Å². The lowest BCUT2D eigenvalue weighted by atomic mass is 10.0. The number of carbonyl (C=O) groups excluding carboxylic acids is 1. The quantitative estimate of drug-likeness (QED) is 0.752. The minimum absolute atomic E-state index is 0.0337. The Hall–Kier alpha value is -2.66. The van der Waals surface area contributed by atoms with Gasteiger partial charge in [0.2, 0.25) is 5.91 Å². The molecule has 25 heavy (non-hydrogen) atoms. The van der Waals surface area contributed by atoms with Crippen LogP contribution < -0.4 is 10.6 Å². The number of ether oxygens (including phenoxy) is 1. The molecule has 2 aromatic rings. The molecule has 2 atom stereocenters. The molecule has 1 amide bonds. The van der Waals surface area contributed by atoms with E-state index in [1.54, 1.807) is 13.3 Å².